The molecule has 0 spiro atoms. The summed E-state index contributed by atoms with van der Waals surface area (Å²) < 4.78 is 19.0. The average Bonchev–Trinajstić information content (AvgIpc) is 2.38. The van der Waals surface area contributed by atoms with Crippen LogP contribution in [-0.2, 0) is 6.61 Å². The fraction of sp³-hybridized carbons (Fsp3) is 0.133. The van der Waals surface area contributed by atoms with Crippen LogP contribution in [0.4, 0.5) is 4.39 Å². The van der Waals surface area contributed by atoms with E-state index in [2.05, 4.69) is 0 Å². The minimum absolute atomic E-state index is 0.0550. The molecule has 2 aromatic carbocycles. The van der Waals surface area contributed by atoms with Crippen LogP contribution in [0.3, 0.4) is 0 Å². The van der Waals surface area contributed by atoms with Crippen LogP contribution in [0.5, 0.6) is 5.75 Å². The van der Waals surface area contributed by atoms with Gasteiger partial charge in [-0.15, -0.1) is 0 Å². The van der Waals surface area contributed by atoms with E-state index in [0.29, 0.717) is 10.6 Å². The van der Waals surface area contributed by atoms with E-state index >= 15 is 0 Å². The maximum atomic E-state index is 13.6. The largest absolute Gasteiger partial charge is 0.488 e. The Morgan fingerprint density at radius 3 is 2.70 bits per heavy atom. The standard InChI is InChI=1S/C15H12ClFO3/c1-9-2-5-14(12(6-9)15(18)19)20-8-10-3-4-11(16)7-13(10)17/h2-7H,8H2,1H3,(H,18,19). The van der Waals surface area contributed by atoms with Crippen molar-refractivity contribution in [1.29, 1.82) is 0 Å². The molecule has 0 aliphatic carbocycles. The van der Waals surface area contributed by atoms with Gasteiger partial charge in [0, 0.05) is 10.6 Å². The Morgan fingerprint density at radius 1 is 1.30 bits per heavy atom. The third-order valence-corrected chi connectivity index (χ3v) is 3.00. The van der Waals surface area contributed by atoms with Gasteiger partial charge in [-0.25, -0.2) is 9.18 Å². The van der Waals surface area contributed by atoms with Crippen molar-refractivity contribution in [2.45, 2.75) is 13.5 Å². The Morgan fingerprint density at radius 2 is 2.05 bits per heavy atom. The van der Waals surface area contributed by atoms with E-state index in [0.717, 1.165) is 5.56 Å². The molecule has 5 heteroatoms. The van der Waals surface area contributed by atoms with Crippen LogP contribution in [0.2, 0.25) is 5.02 Å². The number of hydrogen-bond acceptors (Lipinski definition) is 2. The molecule has 0 unspecified atom stereocenters. The Hall–Kier alpha value is -2.07. The van der Waals surface area contributed by atoms with Crippen molar-refractivity contribution < 1.29 is 19.0 Å². The van der Waals surface area contributed by atoms with Crippen LogP contribution in [0.1, 0.15) is 21.5 Å². The van der Waals surface area contributed by atoms with Gasteiger partial charge in [-0.2, -0.15) is 0 Å². The molecule has 0 saturated heterocycles. The summed E-state index contributed by atoms with van der Waals surface area (Å²) in [6.45, 7) is 1.72. The predicted molar refractivity (Wildman–Crippen MR) is 73.9 cm³/mol. The fourth-order valence-electron chi connectivity index (χ4n) is 1.73. The number of aryl methyl sites for hydroxylation is 1. The lowest BCUT2D eigenvalue weighted by Gasteiger charge is -2.10. The van der Waals surface area contributed by atoms with Gasteiger partial charge in [0.05, 0.1) is 0 Å². The first-order valence-electron chi connectivity index (χ1n) is 5.88. The molecule has 0 amide bonds. The van der Waals surface area contributed by atoms with Gasteiger partial charge in [-0.3, -0.25) is 0 Å². The number of hydrogen-bond donors (Lipinski definition) is 1. The number of halogens is 2. The number of carboxylic acid groups (broad SMARTS) is 1. The highest BCUT2D eigenvalue weighted by Gasteiger charge is 2.12. The maximum absolute atomic E-state index is 13.6. The second-order valence-corrected chi connectivity index (χ2v) is 4.77. The number of benzene rings is 2. The second kappa shape index (κ2) is 5.92. The molecule has 104 valence electrons. The maximum Gasteiger partial charge on any atom is 0.339 e. The lowest BCUT2D eigenvalue weighted by molar-refractivity contribution is 0.0691. The molecule has 1 N–H and O–H groups in total. The highest BCUT2D eigenvalue weighted by molar-refractivity contribution is 6.30. The minimum atomic E-state index is -1.08. The number of ether oxygens (including phenoxy) is 1. The summed E-state index contributed by atoms with van der Waals surface area (Å²) in [5, 5.41) is 9.41. The topological polar surface area (TPSA) is 46.5 Å². The molecule has 0 bridgehead atoms. The molecule has 0 heterocycles. The summed E-state index contributed by atoms with van der Waals surface area (Å²) >= 11 is 5.66. The summed E-state index contributed by atoms with van der Waals surface area (Å²) in [6.07, 6.45) is 0. The molecule has 0 radical (unpaired) electrons. The number of carbonyl (C=O) groups is 1. The molecule has 2 rings (SSSR count). The Labute approximate surface area is 120 Å². The SMILES string of the molecule is Cc1ccc(OCc2ccc(Cl)cc2F)c(C(=O)O)c1. The summed E-state index contributed by atoms with van der Waals surface area (Å²) in [5.74, 6) is -1.36. The molecule has 3 nitrogen and oxygen atoms in total. The zero-order chi connectivity index (χ0) is 14.7. The van der Waals surface area contributed by atoms with Gasteiger partial charge in [0.1, 0.15) is 23.7 Å². The highest BCUT2D eigenvalue weighted by Crippen LogP contribution is 2.22. The molecule has 0 aliphatic rings. The van der Waals surface area contributed by atoms with Crippen molar-refractivity contribution in [1.82, 2.24) is 0 Å². The van der Waals surface area contributed by atoms with E-state index in [9.17, 15) is 9.18 Å². The summed E-state index contributed by atoms with van der Waals surface area (Å²) in [7, 11) is 0. The molecular weight excluding hydrogens is 283 g/mol. The minimum Gasteiger partial charge on any atom is -0.488 e. The third-order valence-electron chi connectivity index (χ3n) is 2.76. The molecule has 2 aromatic rings. The molecule has 0 fully saturated rings. The summed E-state index contributed by atoms with van der Waals surface area (Å²) in [4.78, 5) is 11.1. The van der Waals surface area contributed by atoms with Gasteiger partial charge in [0.2, 0.25) is 0 Å². The lowest BCUT2D eigenvalue weighted by Crippen LogP contribution is -2.05. The van der Waals surface area contributed by atoms with Gasteiger partial charge in [0.25, 0.3) is 0 Å². The quantitative estimate of drug-likeness (QED) is 0.925. The Bertz CT molecular complexity index is 656. The van der Waals surface area contributed by atoms with E-state index in [1.165, 1.54) is 18.2 Å². The van der Waals surface area contributed by atoms with Crippen molar-refractivity contribution in [2.24, 2.45) is 0 Å². The average molecular weight is 295 g/mol. The molecular formula is C15H12ClFO3. The van der Waals surface area contributed by atoms with E-state index in [1.807, 2.05) is 0 Å². The predicted octanol–water partition coefficient (Wildman–Crippen LogP) is 4.06. The van der Waals surface area contributed by atoms with Crippen LogP contribution in [0.25, 0.3) is 0 Å². The van der Waals surface area contributed by atoms with Gasteiger partial charge in [-0.1, -0.05) is 29.3 Å². The van der Waals surface area contributed by atoms with E-state index in [-0.39, 0.29) is 17.9 Å². The first-order valence-corrected chi connectivity index (χ1v) is 6.26. The van der Waals surface area contributed by atoms with Gasteiger partial charge < -0.3 is 9.84 Å². The van der Waals surface area contributed by atoms with E-state index < -0.39 is 11.8 Å². The van der Waals surface area contributed by atoms with Crippen LogP contribution < -0.4 is 4.74 Å². The number of aromatic carboxylic acids is 1. The van der Waals surface area contributed by atoms with Crippen LogP contribution in [0, 0.1) is 12.7 Å². The van der Waals surface area contributed by atoms with Crippen molar-refractivity contribution in [3.05, 3.63) is 63.9 Å². The third kappa shape index (κ3) is 3.27. The van der Waals surface area contributed by atoms with Gasteiger partial charge in [0.15, 0.2) is 0 Å². The fourth-order valence-corrected chi connectivity index (χ4v) is 1.89. The van der Waals surface area contributed by atoms with Gasteiger partial charge >= 0.3 is 5.97 Å². The van der Waals surface area contributed by atoms with Crippen molar-refractivity contribution >= 4 is 17.6 Å². The van der Waals surface area contributed by atoms with Crippen molar-refractivity contribution in [3.8, 4) is 5.75 Å². The Balaban J connectivity index is 2.20. The highest BCUT2D eigenvalue weighted by atomic mass is 35.5. The molecule has 0 saturated carbocycles. The normalized spacial score (nSPS) is 10.3. The van der Waals surface area contributed by atoms with Crippen LogP contribution in [0.15, 0.2) is 36.4 Å². The van der Waals surface area contributed by atoms with Crippen molar-refractivity contribution in [3.63, 3.8) is 0 Å². The number of carboxylic acids is 1. The number of rotatable bonds is 4. The van der Waals surface area contributed by atoms with Crippen LogP contribution >= 0.6 is 11.6 Å². The second-order valence-electron chi connectivity index (χ2n) is 4.33. The molecule has 0 atom stereocenters. The first-order chi connectivity index (χ1) is 9.47. The smallest absolute Gasteiger partial charge is 0.339 e. The van der Waals surface area contributed by atoms with Crippen molar-refractivity contribution in [2.75, 3.05) is 0 Å². The van der Waals surface area contributed by atoms with E-state index in [4.69, 9.17) is 21.4 Å². The van der Waals surface area contributed by atoms with Gasteiger partial charge in [-0.05, 0) is 31.2 Å². The molecule has 0 aromatic heterocycles. The monoisotopic (exact) mass is 294 g/mol. The molecule has 20 heavy (non-hydrogen) atoms. The molecule has 0 aliphatic heterocycles. The summed E-state index contributed by atoms with van der Waals surface area (Å²) in [5.41, 5.74) is 1.18. The zero-order valence-electron chi connectivity index (χ0n) is 10.7. The zero-order valence-corrected chi connectivity index (χ0v) is 11.4. The first kappa shape index (κ1) is 14.3. The van der Waals surface area contributed by atoms with Crippen LogP contribution in [-0.4, -0.2) is 11.1 Å². The Kier molecular flexibility index (Phi) is 4.25. The lowest BCUT2D eigenvalue weighted by atomic mass is 10.1. The van der Waals surface area contributed by atoms with E-state index in [1.54, 1.807) is 25.1 Å². The summed E-state index contributed by atoms with van der Waals surface area (Å²) in [6, 6.07) is 9.05.